The van der Waals surface area contributed by atoms with E-state index >= 15 is 0 Å². The summed E-state index contributed by atoms with van der Waals surface area (Å²) in [5.74, 6) is 0.337. The summed E-state index contributed by atoms with van der Waals surface area (Å²) < 4.78 is 13.7. The van der Waals surface area contributed by atoms with Gasteiger partial charge in [0.1, 0.15) is 5.82 Å². The van der Waals surface area contributed by atoms with Gasteiger partial charge in [-0.15, -0.1) is 18.3 Å². The molecule has 0 fully saturated rings. The Morgan fingerprint density at radius 2 is 1.96 bits per heavy atom. The second-order valence-corrected chi connectivity index (χ2v) is 6.33. The number of nitrogens with one attached hydrogen (secondary N) is 2. The standard InChI is InChI=1S/C19H21FN2OS/c1-3-12-24-18-11-7-6-10-17(18)22-19(23)13-21-14(2)15-8-4-5-9-16(15)20/h3-11,14,21H,1,12-13H2,2H3,(H,22,23). The van der Waals surface area contributed by atoms with Crippen molar-refractivity contribution in [1.29, 1.82) is 0 Å². The molecule has 0 aromatic heterocycles. The number of carbonyl (C=O) groups excluding carboxylic acids is 1. The molecule has 0 saturated heterocycles. The Kier molecular flexibility index (Phi) is 7.03. The number of benzene rings is 2. The van der Waals surface area contributed by atoms with E-state index in [4.69, 9.17) is 0 Å². The average molecular weight is 344 g/mol. The number of hydrogen-bond donors (Lipinski definition) is 2. The van der Waals surface area contributed by atoms with E-state index in [0.29, 0.717) is 5.56 Å². The smallest absolute Gasteiger partial charge is 0.238 e. The summed E-state index contributed by atoms with van der Waals surface area (Å²) >= 11 is 1.61. The maximum absolute atomic E-state index is 13.7. The lowest BCUT2D eigenvalue weighted by Crippen LogP contribution is -2.30. The lowest BCUT2D eigenvalue weighted by molar-refractivity contribution is -0.115. The first-order chi connectivity index (χ1) is 11.6. The molecule has 0 saturated carbocycles. The van der Waals surface area contributed by atoms with E-state index in [1.165, 1.54) is 6.07 Å². The molecule has 0 aliphatic heterocycles. The molecule has 2 N–H and O–H groups in total. The zero-order valence-corrected chi connectivity index (χ0v) is 14.4. The van der Waals surface area contributed by atoms with Gasteiger partial charge < -0.3 is 10.6 Å². The molecule has 3 nitrogen and oxygen atoms in total. The number of halogens is 1. The molecule has 1 atom stereocenters. The van der Waals surface area contributed by atoms with Gasteiger partial charge in [0.05, 0.1) is 12.2 Å². The predicted molar refractivity (Wildman–Crippen MR) is 98.8 cm³/mol. The van der Waals surface area contributed by atoms with Crippen LogP contribution in [0, 0.1) is 5.82 Å². The highest BCUT2D eigenvalue weighted by atomic mass is 32.2. The van der Waals surface area contributed by atoms with Gasteiger partial charge in [-0.1, -0.05) is 36.4 Å². The summed E-state index contributed by atoms with van der Waals surface area (Å²) in [4.78, 5) is 13.2. The molecule has 0 radical (unpaired) electrons. The number of thioether (sulfide) groups is 1. The number of anilines is 1. The SMILES string of the molecule is C=CCSc1ccccc1NC(=O)CNC(C)c1ccccc1F. The number of amides is 1. The van der Waals surface area contributed by atoms with Gasteiger partial charge in [-0.25, -0.2) is 4.39 Å². The fourth-order valence-electron chi connectivity index (χ4n) is 2.22. The predicted octanol–water partition coefficient (Wildman–Crippen LogP) is 4.39. The molecule has 1 unspecified atom stereocenters. The molecule has 5 heteroatoms. The van der Waals surface area contributed by atoms with Crippen molar-refractivity contribution in [2.75, 3.05) is 17.6 Å². The molecule has 0 bridgehead atoms. The van der Waals surface area contributed by atoms with Crippen LogP contribution in [0.25, 0.3) is 0 Å². The maximum Gasteiger partial charge on any atom is 0.238 e. The molecule has 1 amide bonds. The van der Waals surface area contributed by atoms with Crippen LogP contribution in [-0.4, -0.2) is 18.2 Å². The fraction of sp³-hybridized carbons (Fsp3) is 0.211. The van der Waals surface area contributed by atoms with Crippen molar-refractivity contribution in [2.45, 2.75) is 17.9 Å². The van der Waals surface area contributed by atoms with Gasteiger partial charge in [0.2, 0.25) is 5.91 Å². The monoisotopic (exact) mass is 344 g/mol. The van der Waals surface area contributed by atoms with Crippen LogP contribution in [0.5, 0.6) is 0 Å². The molecular weight excluding hydrogens is 323 g/mol. The zero-order valence-electron chi connectivity index (χ0n) is 13.6. The van der Waals surface area contributed by atoms with Gasteiger partial charge in [0, 0.05) is 22.3 Å². The summed E-state index contributed by atoms with van der Waals surface area (Å²) in [6.45, 7) is 5.64. The van der Waals surface area contributed by atoms with Crippen LogP contribution in [0.4, 0.5) is 10.1 Å². The molecule has 126 valence electrons. The van der Waals surface area contributed by atoms with Crippen molar-refractivity contribution in [3.63, 3.8) is 0 Å². The zero-order chi connectivity index (χ0) is 17.4. The molecule has 2 rings (SSSR count). The average Bonchev–Trinajstić information content (AvgIpc) is 2.59. The normalized spacial score (nSPS) is 11.8. The van der Waals surface area contributed by atoms with Crippen LogP contribution in [0.1, 0.15) is 18.5 Å². The van der Waals surface area contributed by atoms with Crippen molar-refractivity contribution >= 4 is 23.4 Å². The Morgan fingerprint density at radius 1 is 1.25 bits per heavy atom. The third-order valence-corrected chi connectivity index (χ3v) is 4.53. The number of para-hydroxylation sites is 1. The summed E-state index contributed by atoms with van der Waals surface area (Å²) in [5, 5.41) is 5.94. The van der Waals surface area contributed by atoms with E-state index in [-0.39, 0.29) is 24.3 Å². The maximum atomic E-state index is 13.7. The third-order valence-electron chi connectivity index (χ3n) is 3.46. The number of hydrogen-bond acceptors (Lipinski definition) is 3. The van der Waals surface area contributed by atoms with Crippen molar-refractivity contribution in [3.8, 4) is 0 Å². The summed E-state index contributed by atoms with van der Waals surface area (Å²) in [7, 11) is 0. The summed E-state index contributed by atoms with van der Waals surface area (Å²) in [6, 6.07) is 13.9. The molecule has 2 aromatic carbocycles. The van der Waals surface area contributed by atoms with Crippen molar-refractivity contribution in [3.05, 3.63) is 72.6 Å². The van der Waals surface area contributed by atoms with Gasteiger partial charge in [0.25, 0.3) is 0 Å². The number of carbonyl (C=O) groups is 1. The van der Waals surface area contributed by atoms with E-state index in [0.717, 1.165) is 16.3 Å². The lowest BCUT2D eigenvalue weighted by Gasteiger charge is -2.15. The Labute approximate surface area is 146 Å². The molecule has 0 spiro atoms. The highest BCUT2D eigenvalue weighted by molar-refractivity contribution is 7.99. The molecular formula is C19H21FN2OS. The first-order valence-corrected chi connectivity index (χ1v) is 8.70. The van der Waals surface area contributed by atoms with Crippen molar-refractivity contribution < 1.29 is 9.18 Å². The second-order valence-electron chi connectivity index (χ2n) is 5.27. The van der Waals surface area contributed by atoms with Crippen molar-refractivity contribution in [2.24, 2.45) is 0 Å². The first-order valence-electron chi connectivity index (χ1n) is 7.72. The third kappa shape index (κ3) is 5.22. The van der Waals surface area contributed by atoms with Crippen LogP contribution in [0.2, 0.25) is 0 Å². The van der Waals surface area contributed by atoms with Gasteiger partial charge in [-0.3, -0.25) is 4.79 Å². The van der Waals surface area contributed by atoms with E-state index in [2.05, 4.69) is 17.2 Å². The quantitative estimate of drug-likeness (QED) is 0.551. The topological polar surface area (TPSA) is 41.1 Å². The Bertz CT molecular complexity index is 705. The highest BCUT2D eigenvalue weighted by Gasteiger charge is 2.12. The van der Waals surface area contributed by atoms with E-state index in [9.17, 15) is 9.18 Å². The summed E-state index contributed by atoms with van der Waals surface area (Å²) in [5.41, 5.74) is 1.32. The van der Waals surface area contributed by atoms with E-state index in [1.54, 1.807) is 30.0 Å². The minimum atomic E-state index is -0.274. The molecule has 0 aliphatic carbocycles. The van der Waals surface area contributed by atoms with Crippen LogP contribution in [0.15, 0.2) is 66.1 Å². The molecule has 24 heavy (non-hydrogen) atoms. The Balaban J connectivity index is 1.92. The van der Waals surface area contributed by atoms with Gasteiger partial charge >= 0.3 is 0 Å². The van der Waals surface area contributed by atoms with E-state index in [1.807, 2.05) is 37.3 Å². The molecule has 0 heterocycles. The van der Waals surface area contributed by atoms with Crippen LogP contribution < -0.4 is 10.6 Å². The molecule has 0 aliphatic rings. The van der Waals surface area contributed by atoms with Gasteiger partial charge in [-0.2, -0.15) is 0 Å². The largest absolute Gasteiger partial charge is 0.324 e. The van der Waals surface area contributed by atoms with Crippen LogP contribution in [-0.2, 0) is 4.79 Å². The van der Waals surface area contributed by atoms with Gasteiger partial charge in [-0.05, 0) is 25.1 Å². The van der Waals surface area contributed by atoms with E-state index < -0.39 is 0 Å². The highest BCUT2D eigenvalue weighted by Crippen LogP contribution is 2.26. The second kappa shape index (κ2) is 9.25. The number of rotatable bonds is 8. The minimum absolute atomic E-state index is 0.107. The van der Waals surface area contributed by atoms with Crippen LogP contribution >= 0.6 is 11.8 Å². The summed E-state index contributed by atoms with van der Waals surface area (Å²) in [6.07, 6.45) is 1.82. The first kappa shape index (κ1) is 18.2. The Hall–Kier alpha value is -2.11. The Morgan fingerprint density at radius 3 is 2.71 bits per heavy atom. The lowest BCUT2D eigenvalue weighted by atomic mass is 10.1. The van der Waals surface area contributed by atoms with Gasteiger partial charge in [0.15, 0.2) is 0 Å². The molecule has 2 aromatic rings. The minimum Gasteiger partial charge on any atom is -0.324 e. The van der Waals surface area contributed by atoms with Crippen molar-refractivity contribution in [1.82, 2.24) is 5.32 Å². The fourth-order valence-corrected chi connectivity index (χ4v) is 2.97. The van der Waals surface area contributed by atoms with Crippen LogP contribution in [0.3, 0.4) is 0 Å².